The number of rotatable bonds is 3. The number of Topliss-reactive ketones (excluding diaryl/α,β-unsaturated/α-hetero) is 2. The molecule has 0 radical (unpaired) electrons. The van der Waals surface area contributed by atoms with Gasteiger partial charge in [-0.15, -0.1) is 0 Å². The van der Waals surface area contributed by atoms with Gasteiger partial charge in [-0.1, -0.05) is 36.4 Å². The molecule has 0 spiro atoms. The Labute approximate surface area is 110 Å². The smallest absolute Gasteiger partial charge is 0.165 e. The molecule has 2 nitrogen and oxygen atoms in total. The first kappa shape index (κ1) is 12.3. The standard InChI is InChI=1S/C13H17IO2/c1-13(2)7-8-6-10(15)9(4-3-5-14)11(8)12(13)16/h8H,3-7H2,1-2H3. The van der Waals surface area contributed by atoms with Crippen LogP contribution >= 0.6 is 22.6 Å². The van der Waals surface area contributed by atoms with Gasteiger partial charge in [0.15, 0.2) is 11.6 Å². The Morgan fingerprint density at radius 3 is 2.69 bits per heavy atom. The summed E-state index contributed by atoms with van der Waals surface area (Å²) < 4.78 is 1.05. The molecule has 2 aliphatic rings. The maximum absolute atomic E-state index is 12.2. The molecule has 2 aliphatic carbocycles. The van der Waals surface area contributed by atoms with Gasteiger partial charge in [0.05, 0.1) is 0 Å². The van der Waals surface area contributed by atoms with E-state index in [1.807, 2.05) is 13.8 Å². The van der Waals surface area contributed by atoms with E-state index in [-0.39, 0.29) is 22.9 Å². The zero-order chi connectivity index (χ0) is 11.9. The van der Waals surface area contributed by atoms with Crippen molar-refractivity contribution in [2.45, 2.75) is 39.5 Å². The van der Waals surface area contributed by atoms with Gasteiger partial charge in [0.25, 0.3) is 0 Å². The maximum Gasteiger partial charge on any atom is 0.165 e. The fourth-order valence-corrected chi connectivity index (χ4v) is 3.31. The van der Waals surface area contributed by atoms with Gasteiger partial charge in [0.1, 0.15) is 0 Å². The Bertz CT molecular complexity index is 379. The lowest BCUT2D eigenvalue weighted by Crippen LogP contribution is -2.19. The lowest BCUT2D eigenvalue weighted by Gasteiger charge is -2.15. The molecule has 0 N–H and O–H groups in total. The molecular weight excluding hydrogens is 315 g/mol. The van der Waals surface area contributed by atoms with Gasteiger partial charge in [-0.25, -0.2) is 0 Å². The second-order valence-corrected chi connectivity index (χ2v) is 6.50. The molecule has 0 aromatic carbocycles. The molecule has 88 valence electrons. The van der Waals surface area contributed by atoms with Crippen LogP contribution in [0.3, 0.4) is 0 Å². The highest BCUT2D eigenvalue weighted by Crippen LogP contribution is 2.49. The molecule has 1 fully saturated rings. The third kappa shape index (κ3) is 1.87. The number of ketones is 2. The SMILES string of the molecule is CC1(C)CC2CC(=O)C(CCCI)=C2C1=O. The van der Waals surface area contributed by atoms with Gasteiger partial charge in [-0.05, 0) is 29.6 Å². The molecule has 16 heavy (non-hydrogen) atoms. The first-order valence-corrected chi connectivity index (χ1v) is 7.37. The van der Waals surface area contributed by atoms with Crippen LogP contribution in [0.25, 0.3) is 0 Å². The van der Waals surface area contributed by atoms with Crippen molar-refractivity contribution < 1.29 is 9.59 Å². The summed E-state index contributed by atoms with van der Waals surface area (Å²) in [5, 5.41) is 0. The molecule has 0 aromatic heterocycles. The summed E-state index contributed by atoms with van der Waals surface area (Å²) >= 11 is 2.31. The summed E-state index contributed by atoms with van der Waals surface area (Å²) in [6.07, 6.45) is 3.25. The number of halogens is 1. The van der Waals surface area contributed by atoms with Crippen LogP contribution in [0.4, 0.5) is 0 Å². The second-order valence-electron chi connectivity index (χ2n) is 5.43. The molecule has 0 aromatic rings. The van der Waals surface area contributed by atoms with E-state index in [4.69, 9.17) is 0 Å². The number of alkyl halides is 1. The van der Waals surface area contributed by atoms with Crippen LogP contribution in [0, 0.1) is 11.3 Å². The largest absolute Gasteiger partial charge is 0.295 e. The molecule has 0 heterocycles. The first-order chi connectivity index (χ1) is 7.47. The number of allylic oxidation sites excluding steroid dienone is 2. The van der Waals surface area contributed by atoms with Crippen LogP contribution in [-0.4, -0.2) is 16.0 Å². The van der Waals surface area contributed by atoms with Crippen LogP contribution in [0.5, 0.6) is 0 Å². The quantitative estimate of drug-likeness (QED) is 0.588. The normalized spacial score (nSPS) is 27.8. The summed E-state index contributed by atoms with van der Waals surface area (Å²) in [7, 11) is 0. The third-order valence-electron chi connectivity index (χ3n) is 3.68. The van der Waals surface area contributed by atoms with Gasteiger partial charge >= 0.3 is 0 Å². The predicted molar refractivity (Wildman–Crippen MR) is 71.7 cm³/mol. The Kier molecular flexibility index (Phi) is 3.25. The zero-order valence-electron chi connectivity index (χ0n) is 9.81. The summed E-state index contributed by atoms with van der Waals surface area (Å²) in [5.74, 6) is 0.694. The minimum absolute atomic E-state index is 0.229. The van der Waals surface area contributed by atoms with E-state index in [1.54, 1.807) is 0 Å². The average Bonchev–Trinajstić information content (AvgIpc) is 2.59. The third-order valence-corrected chi connectivity index (χ3v) is 4.44. The molecule has 3 heteroatoms. The molecule has 1 unspecified atom stereocenters. The molecule has 1 saturated carbocycles. The maximum atomic E-state index is 12.2. The van der Waals surface area contributed by atoms with Gasteiger partial charge in [-0.2, -0.15) is 0 Å². The zero-order valence-corrected chi connectivity index (χ0v) is 12.0. The lowest BCUT2D eigenvalue weighted by molar-refractivity contribution is -0.122. The number of carbonyl (C=O) groups excluding carboxylic acids is 2. The van der Waals surface area contributed by atoms with Crippen LogP contribution in [0.1, 0.15) is 39.5 Å². The molecule has 0 amide bonds. The van der Waals surface area contributed by atoms with Gasteiger partial charge in [-0.3, -0.25) is 9.59 Å². The fourth-order valence-electron chi connectivity index (χ4n) is 2.93. The van der Waals surface area contributed by atoms with Crippen molar-refractivity contribution in [1.82, 2.24) is 0 Å². The number of carbonyl (C=O) groups is 2. The van der Waals surface area contributed by atoms with Crippen LogP contribution in [-0.2, 0) is 9.59 Å². The van der Waals surface area contributed by atoms with E-state index >= 15 is 0 Å². The Morgan fingerprint density at radius 2 is 2.06 bits per heavy atom. The van der Waals surface area contributed by atoms with E-state index in [9.17, 15) is 9.59 Å². The topological polar surface area (TPSA) is 34.1 Å². The summed E-state index contributed by atoms with van der Waals surface area (Å²) in [6.45, 7) is 4.00. The van der Waals surface area contributed by atoms with Crippen LogP contribution < -0.4 is 0 Å². The van der Waals surface area contributed by atoms with E-state index in [1.165, 1.54) is 0 Å². The average molecular weight is 332 g/mol. The highest BCUT2D eigenvalue weighted by atomic mass is 127. The van der Waals surface area contributed by atoms with Crippen molar-refractivity contribution in [1.29, 1.82) is 0 Å². The monoisotopic (exact) mass is 332 g/mol. The molecular formula is C13H17IO2. The molecule has 1 atom stereocenters. The minimum atomic E-state index is -0.240. The van der Waals surface area contributed by atoms with Crippen molar-refractivity contribution in [2.24, 2.45) is 11.3 Å². The van der Waals surface area contributed by atoms with Crippen molar-refractivity contribution in [3.05, 3.63) is 11.1 Å². The van der Waals surface area contributed by atoms with Gasteiger partial charge in [0.2, 0.25) is 0 Å². The van der Waals surface area contributed by atoms with Crippen LogP contribution in [0.2, 0.25) is 0 Å². The molecule has 2 rings (SSSR count). The minimum Gasteiger partial charge on any atom is -0.295 e. The van der Waals surface area contributed by atoms with Gasteiger partial charge in [0, 0.05) is 23.0 Å². The Hall–Kier alpha value is -0.190. The molecule has 0 saturated heterocycles. The Balaban J connectivity index is 2.32. The fraction of sp³-hybridized carbons (Fsp3) is 0.692. The van der Waals surface area contributed by atoms with E-state index in [2.05, 4.69) is 22.6 Å². The number of fused-ring (bicyclic) bond motifs is 1. The van der Waals surface area contributed by atoms with Crippen molar-refractivity contribution >= 4 is 34.2 Å². The summed E-state index contributed by atoms with van der Waals surface area (Å²) in [4.78, 5) is 24.1. The number of hydrogen-bond donors (Lipinski definition) is 0. The first-order valence-electron chi connectivity index (χ1n) is 5.84. The predicted octanol–water partition coefficient (Wildman–Crippen LogP) is 3.09. The lowest BCUT2D eigenvalue weighted by atomic mass is 9.87. The highest BCUT2D eigenvalue weighted by molar-refractivity contribution is 14.1. The van der Waals surface area contributed by atoms with E-state index in [0.717, 1.165) is 34.8 Å². The molecule has 0 bridgehead atoms. The van der Waals surface area contributed by atoms with Crippen molar-refractivity contribution in [3.63, 3.8) is 0 Å². The number of hydrogen-bond acceptors (Lipinski definition) is 2. The highest BCUT2D eigenvalue weighted by Gasteiger charge is 2.49. The molecule has 0 aliphatic heterocycles. The van der Waals surface area contributed by atoms with E-state index in [0.29, 0.717) is 6.42 Å². The van der Waals surface area contributed by atoms with Crippen LogP contribution in [0.15, 0.2) is 11.1 Å². The summed E-state index contributed by atoms with van der Waals surface area (Å²) in [6, 6.07) is 0. The second kappa shape index (κ2) is 4.24. The Morgan fingerprint density at radius 1 is 1.38 bits per heavy atom. The van der Waals surface area contributed by atoms with Gasteiger partial charge < -0.3 is 0 Å². The van der Waals surface area contributed by atoms with Crippen molar-refractivity contribution in [3.8, 4) is 0 Å². The van der Waals surface area contributed by atoms with Crippen molar-refractivity contribution in [2.75, 3.05) is 4.43 Å². The van der Waals surface area contributed by atoms with E-state index < -0.39 is 0 Å². The summed E-state index contributed by atoms with van der Waals surface area (Å²) in [5.41, 5.74) is 1.51.